The standard InChI is InChI=1S/C20H18Br2ClN3O2S/c21-13-1-3-16(23)15(11-13)19(27)26(6-5-25-7-9-28-10-8-25)20-24-17-4-2-14(22)12-18(17)29-20/h1-4,11-12H,5-10H2. The summed E-state index contributed by atoms with van der Waals surface area (Å²) in [4.78, 5) is 22.2. The van der Waals surface area contributed by atoms with Crippen molar-refractivity contribution in [2.24, 2.45) is 0 Å². The van der Waals surface area contributed by atoms with Crippen LogP contribution in [-0.2, 0) is 4.74 Å². The van der Waals surface area contributed by atoms with Gasteiger partial charge in [0.15, 0.2) is 5.13 Å². The average Bonchev–Trinajstić information content (AvgIpc) is 3.13. The number of anilines is 1. The van der Waals surface area contributed by atoms with Crippen LogP contribution < -0.4 is 4.90 Å². The van der Waals surface area contributed by atoms with Crippen LogP contribution in [0.4, 0.5) is 5.13 Å². The van der Waals surface area contributed by atoms with Gasteiger partial charge in [0.05, 0.1) is 34.0 Å². The van der Waals surface area contributed by atoms with Gasteiger partial charge < -0.3 is 4.74 Å². The Kier molecular flexibility index (Phi) is 6.88. The number of nitrogens with zero attached hydrogens (tertiary/aromatic N) is 3. The molecule has 1 aliphatic heterocycles. The normalized spacial score (nSPS) is 15.0. The zero-order valence-electron chi connectivity index (χ0n) is 15.4. The quantitative estimate of drug-likeness (QED) is 0.417. The Morgan fingerprint density at radius 1 is 1.17 bits per heavy atom. The Bertz CT molecular complexity index is 1040. The van der Waals surface area contributed by atoms with Crippen molar-refractivity contribution in [3.8, 4) is 0 Å². The van der Waals surface area contributed by atoms with Crippen LogP contribution >= 0.6 is 54.8 Å². The third-order valence-corrected chi connectivity index (χ3v) is 7.07. The molecule has 0 unspecified atom stereocenters. The molecule has 152 valence electrons. The highest BCUT2D eigenvalue weighted by atomic mass is 79.9. The van der Waals surface area contributed by atoms with Crippen molar-refractivity contribution in [2.45, 2.75) is 0 Å². The van der Waals surface area contributed by atoms with Crippen LogP contribution in [0, 0.1) is 0 Å². The highest BCUT2D eigenvalue weighted by Crippen LogP contribution is 2.32. The maximum absolute atomic E-state index is 13.5. The molecule has 3 aromatic rings. The molecule has 1 fully saturated rings. The lowest BCUT2D eigenvalue weighted by Gasteiger charge is -2.29. The van der Waals surface area contributed by atoms with Gasteiger partial charge >= 0.3 is 0 Å². The number of rotatable bonds is 5. The Balaban J connectivity index is 1.67. The van der Waals surface area contributed by atoms with E-state index >= 15 is 0 Å². The summed E-state index contributed by atoms with van der Waals surface area (Å²) >= 11 is 14.8. The number of benzene rings is 2. The van der Waals surface area contributed by atoms with Gasteiger partial charge in [-0.25, -0.2) is 4.98 Å². The van der Waals surface area contributed by atoms with E-state index in [4.69, 9.17) is 21.3 Å². The molecule has 29 heavy (non-hydrogen) atoms. The van der Waals surface area contributed by atoms with E-state index in [0.717, 1.165) is 52.0 Å². The lowest BCUT2D eigenvalue weighted by molar-refractivity contribution is 0.0391. The van der Waals surface area contributed by atoms with E-state index in [1.165, 1.54) is 11.3 Å². The first-order valence-corrected chi connectivity index (χ1v) is 11.9. The van der Waals surface area contributed by atoms with Crippen molar-refractivity contribution in [1.29, 1.82) is 0 Å². The van der Waals surface area contributed by atoms with Crippen LogP contribution in [0.5, 0.6) is 0 Å². The first-order chi connectivity index (χ1) is 14.0. The fourth-order valence-corrected chi connectivity index (χ4v) is 5.26. The summed E-state index contributed by atoms with van der Waals surface area (Å²) < 4.78 is 8.25. The second-order valence-corrected chi connectivity index (χ2v) is 9.89. The predicted octanol–water partition coefficient (Wildman–Crippen LogP) is 5.45. The zero-order chi connectivity index (χ0) is 20.4. The molecule has 2 heterocycles. The fourth-order valence-electron chi connectivity index (χ4n) is 3.16. The van der Waals surface area contributed by atoms with Crippen LogP contribution in [-0.4, -0.2) is 55.2 Å². The van der Waals surface area contributed by atoms with Crippen LogP contribution in [0.2, 0.25) is 5.02 Å². The molecule has 9 heteroatoms. The molecule has 4 rings (SSSR count). The lowest BCUT2D eigenvalue weighted by atomic mass is 10.2. The molecular formula is C20H18Br2ClN3O2S. The maximum Gasteiger partial charge on any atom is 0.261 e. The minimum absolute atomic E-state index is 0.150. The van der Waals surface area contributed by atoms with Gasteiger partial charge in [0.25, 0.3) is 5.91 Å². The van der Waals surface area contributed by atoms with E-state index in [1.807, 2.05) is 24.3 Å². The number of hydrogen-bond acceptors (Lipinski definition) is 5. The van der Waals surface area contributed by atoms with Crippen LogP contribution in [0.1, 0.15) is 10.4 Å². The summed E-state index contributed by atoms with van der Waals surface area (Å²) in [7, 11) is 0. The van der Waals surface area contributed by atoms with Crippen LogP contribution in [0.25, 0.3) is 10.2 Å². The van der Waals surface area contributed by atoms with Crippen molar-refractivity contribution < 1.29 is 9.53 Å². The summed E-state index contributed by atoms with van der Waals surface area (Å²) in [5, 5.41) is 1.10. The van der Waals surface area contributed by atoms with E-state index < -0.39 is 0 Å². The first kappa shape index (κ1) is 21.2. The number of thiazole rings is 1. The Hall–Kier alpha value is -1.03. The molecule has 0 saturated carbocycles. The molecule has 1 aromatic heterocycles. The number of morpholine rings is 1. The van der Waals surface area contributed by atoms with Gasteiger partial charge in [-0.1, -0.05) is 54.8 Å². The highest BCUT2D eigenvalue weighted by molar-refractivity contribution is 9.10. The zero-order valence-corrected chi connectivity index (χ0v) is 20.2. The van der Waals surface area contributed by atoms with E-state index in [0.29, 0.717) is 22.3 Å². The summed E-state index contributed by atoms with van der Waals surface area (Å²) in [6, 6.07) is 11.2. The van der Waals surface area contributed by atoms with Crippen molar-refractivity contribution in [3.63, 3.8) is 0 Å². The largest absolute Gasteiger partial charge is 0.379 e. The topological polar surface area (TPSA) is 45.7 Å². The Morgan fingerprint density at radius 3 is 2.69 bits per heavy atom. The van der Waals surface area contributed by atoms with Gasteiger partial charge in [-0.15, -0.1) is 0 Å². The molecule has 2 aromatic carbocycles. The predicted molar refractivity (Wildman–Crippen MR) is 125 cm³/mol. The molecule has 0 atom stereocenters. The molecule has 0 aliphatic carbocycles. The van der Waals surface area contributed by atoms with Gasteiger partial charge in [-0.2, -0.15) is 0 Å². The molecule has 0 N–H and O–H groups in total. The van der Waals surface area contributed by atoms with Crippen molar-refractivity contribution in [1.82, 2.24) is 9.88 Å². The summed E-state index contributed by atoms with van der Waals surface area (Å²) in [5.74, 6) is -0.150. The molecule has 1 amide bonds. The minimum atomic E-state index is -0.150. The molecule has 0 radical (unpaired) electrons. The van der Waals surface area contributed by atoms with E-state index in [-0.39, 0.29) is 5.91 Å². The van der Waals surface area contributed by atoms with Crippen molar-refractivity contribution >= 4 is 76.1 Å². The first-order valence-electron chi connectivity index (χ1n) is 9.14. The third kappa shape index (κ3) is 5.00. The van der Waals surface area contributed by atoms with Crippen molar-refractivity contribution in [2.75, 3.05) is 44.3 Å². The van der Waals surface area contributed by atoms with Gasteiger partial charge in [0, 0.05) is 35.1 Å². The average molecular weight is 560 g/mol. The molecule has 1 aliphatic rings. The molecular weight excluding hydrogens is 542 g/mol. The number of carbonyl (C=O) groups is 1. The maximum atomic E-state index is 13.5. The number of carbonyl (C=O) groups excluding carboxylic acids is 1. The third-order valence-electron chi connectivity index (χ3n) is 4.72. The Morgan fingerprint density at radius 2 is 1.90 bits per heavy atom. The summed E-state index contributed by atoms with van der Waals surface area (Å²) in [6.07, 6.45) is 0. The van der Waals surface area contributed by atoms with Gasteiger partial charge in [0.2, 0.25) is 0 Å². The fraction of sp³-hybridized carbons (Fsp3) is 0.300. The number of ether oxygens (including phenoxy) is 1. The molecule has 1 saturated heterocycles. The monoisotopic (exact) mass is 557 g/mol. The smallest absolute Gasteiger partial charge is 0.261 e. The lowest BCUT2D eigenvalue weighted by Crippen LogP contribution is -2.43. The molecule has 0 bridgehead atoms. The number of hydrogen-bond donors (Lipinski definition) is 0. The highest BCUT2D eigenvalue weighted by Gasteiger charge is 2.24. The van der Waals surface area contributed by atoms with Gasteiger partial charge in [0.1, 0.15) is 0 Å². The van der Waals surface area contributed by atoms with E-state index in [2.05, 4.69) is 36.8 Å². The minimum Gasteiger partial charge on any atom is -0.379 e. The van der Waals surface area contributed by atoms with Gasteiger partial charge in [-0.3, -0.25) is 14.6 Å². The number of fused-ring (bicyclic) bond motifs is 1. The number of aromatic nitrogens is 1. The summed E-state index contributed by atoms with van der Waals surface area (Å²) in [5.41, 5.74) is 1.33. The van der Waals surface area contributed by atoms with Crippen LogP contribution in [0.15, 0.2) is 45.3 Å². The van der Waals surface area contributed by atoms with Gasteiger partial charge in [-0.05, 0) is 36.4 Å². The van der Waals surface area contributed by atoms with E-state index in [9.17, 15) is 4.79 Å². The van der Waals surface area contributed by atoms with Crippen LogP contribution in [0.3, 0.4) is 0 Å². The Labute approximate surface area is 194 Å². The number of halogens is 3. The number of amides is 1. The van der Waals surface area contributed by atoms with E-state index in [1.54, 1.807) is 17.0 Å². The summed E-state index contributed by atoms with van der Waals surface area (Å²) in [6.45, 7) is 4.46. The van der Waals surface area contributed by atoms with Crippen molar-refractivity contribution in [3.05, 3.63) is 55.9 Å². The SMILES string of the molecule is O=C(c1cc(Br)ccc1Cl)N(CCN1CCOCC1)c1nc2ccc(Br)cc2s1. The molecule has 0 spiro atoms. The second kappa shape index (κ2) is 9.41. The molecule has 5 nitrogen and oxygen atoms in total. The second-order valence-electron chi connectivity index (χ2n) is 6.64.